The molecule has 6 nitrogen and oxygen atoms in total. The molecular formula is C20H21F3N2O4S. The molecule has 0 bridgehead atoms. The standard InChI is InChI=1S/C20H21F3N2O4S/c1-14-4-10-18(11-5-14)30(27,28)25-12-2-3-15(13-25)19(26)24-16-6-8-17(9-7-16)29-20(21,22)23/h4-11,15H,2-3,12-13H2,1H3,(H,24,26)/t15-/m1/s1. The number of piperidine rings is 1. The van der Waals surface area contributed by atoms with Gasteiger partial charge in [0, 0.05) is 18.8 Å². The summed E-state index contributed by atoms with van der Waals surface area (Å²) in [5.41, 5.74) is 1.24. The minimum absolute atomic E-state index is 0.0390. The van der Waals surface area contributed by atoms with Crippen LogP contribution in [0.4, 0.5) is 18.9 Å². The minimum atomic E-state index is -4.79. The van der Waals surface area contributed by atoms with Gasteiger partial charge in [0.05, 0.1) is 10.8 Å². The third-order valence-corrected chi connectivity index (χ3v) is 6.65. The predicted octanol–water partition coefficient (Wildman–Crippen LogP) is 3.93. The molecule has 1 fully saturated rings. The molecule has 0 saturated carbocycles. The third-order valence-electron chi connectivity index (χ3n) is 4.77. The maximum Gasteiger partial charge on any atom is 0.573 e. The third kappa shape index (κ3) is 5.51. The van der Waals surface area contributed by atoms with Crippen molar-refractivity contribution < 1.29 is 31.1 Å². The van der Waals surface area contributed by atoms with Crippen LogP contribution in [0.3, 0.4) is 0 Å². The Balaban J connectivity index is 1.65. The normalized spacial score (nSPS) is 18.1. The largest absolute Gasteiger partial charge is 0.573 e. The number of sulfonamides is 1. The average molecular weight is 442 g/mol. The fraction of sp³-hybridized carbons (Fsp3) is 0.350. The van der Waals surface area contributed by atoms with Crippen molar-refractivity contribution in [1.29, 1.82) is 0 Å². The summed E-state index contributed by atoms with van der Waals surface area (Å²) in [7, 11) is -3.71. The molecule has 0 radical (unpaired) electrons. The molecule has 30 heavy (non-hydrogen) atoms. The lowest BCUT2D eigenvalue weighted by Crippen LogP contribution is -2.43. The van der Waals surface area contributed by atoms with Gasteiger partial charge in [0.15, 0.2) is 0 Å². The van der Waals surface area contributed by atoms with Crippen LogP contribution in [0.5, 0.6) is 5.75 Å². The number of nitrogens with zero attached hydrogens (tertiary/aromatic N) is 1. The van der Waals surface area contributed by atoms with E-state index < -0.39 is 28.1 Å². The number of alkyl halides is 3. The quantitative estimate of drug-likeness (QED) is 0.761. The molecule has 1 aliphatic heterocycles. The van der Waals surface area contributed by atoms with Crippen molar-refractivity contribution in [2.24, 2.45) is 5.92 Å². The number of hydrogen-bond donors (Lipinski definition) is 1. The molecule has 0 aliphatic carbocycles. The Labute approximate surface area is 172 Å². The first kappa shape index (κ1) is 22.1. The molecule has 2 aromatic carbocycles. The van der Waals surface area contributed by atoms with Crippen molar-refractivity contribution in [3.63, 3.8) is 0 Å². The number of aryl methyl sites for hydroxylation is 1. The van der Waals surface area contributed by atoms with E-state index in [0.29, 0.717) is 25.1 Å². The van der Waals surface area contributed by atoms with Gasteiger partial charge in [0.2, 0.25) is 15.9 Å². The van der Waals surface area contributed by atoms with Crippen LogP contribution in [0, 0.1) is 12.8 Å². The van der Waals surface area contributed by atoms with E-state index in [1.807, 2.05) is 6.92 Å². The highest BCUT2D eigenvalue weighted by Crippen LogP contribution is 2.27. The fourth-order valence-corrected chi connectivity index (χ4v) is 4.74. The number of rotatable bonds is 5. The first-order valence-electron chi connectivity index (χ1n) is 9.28. The molecule has 1 heterocycles. The van der Waals surface area contributed by atoms with Crippen LogP contribution in [0.25, 0.3) is 0 Å². The second-order valence-electron chi connectivity index (χ2n) is 7.08. The molecule has 1 amide bonds. The van der Waals surface area contributed by atoms with E-state index in [1.54, 1.807) is 24.3 Å². The maximum absolute atomic E-state index is 12.9. The molecule has 1 saturated heterocycles. The van der Waals surface area contributed by atoms with Crippen LogP contribution < -0.4 is 10.1 Å². The Kier molecular flexibility index (Phi) is 6.37. The van der Waals surface area contributed by atoms with Gasteiger partial charge in [0.1, 0.15) is 5.75 Å². The van der Waals surface area contributed by atoms with Gasteiger partial charge >= 0.3 is 6.36 Å². The molecule has 0 aromatic heterocycles. The molecule has 10 heteroatoms. The van der Waals surface area contributed by atoms with Crippen molar-refractivity contribution in [2.75, 3.05) is 18.4 Å². The molecule has 162 valence electrons. The summed E-state index contributed by atoms with van der Waals surface area (Å²) in [6.45, 7) is 2.22. The zero-order chi connectivity index (χ0) is 21.9. The lowest BCUT2D eigenvalue weighted by Gasteiger charge is -2.31. The van der Waals surface area contributed by atoms with Gasteiger partial charge in [-0.2, -0.15) is 4.31 Å². The van der Waals surface area contributed by atoms with E-state index in [2.05, 4.69) is 10.1 Å². The van der Waals surface area contributed by atoms with Crippen molar-refractivity contribution in [2.45, 2.75) is 31.0 Å². The topological polar surface area (TPSA) is 75.7 Å². The number of carbonyl (C=O) groups excluding carboxylic acids is 1. The van der Waals surface area contributed by atoms with Crippen molar-refractivity contribution in [3.8, 4) is 5.75 Å². The van der Waals surface area contributed by atoms with Gasteiger partial charge in [-0.05, 0) is 56.2 Å². The molecule has 1 atom stereocenters. The summed E-state index contributed by atoms with van der Waals surface area (Å²) in [6, 6.07) is 11.3. The number of anilines is 1. The zero-order valence-electron chi connectivity index (χ0n) is 16.1. The maximum atomic E-state index is 12.9. The second kappa shape index (κ2) is 8.65. The lowest BCUT2D eigenvalue weighted by molar-refractivity contribution is -0.274. The molecule has 0 spiro atoms. The monoisotopic (exact) mass is 442 g/mol. The average Bonchev–Trinajstić information content (AvgIpc) is 2.69. The van der Waals surface area contributed by atoms with Gasteiger partial charge in [-0.3, -0.25) is 4.79 Å². The summed E-state index contributed by atoms with van der Waals surface area (Å²) in [4.78, 5) is 12.8. The molecular weight excluding hydrogens is 421 g/mol. The SMILES string of the molecule is Cc1ccc(S(=O)(=O)N2CCC[C@@H](C(=O)Nc3ccc(OC(F)(F)F)cc3)C2)cc1. The predicted molar refractivity (Wildman–Crippen MR) is 104 cm³/mol. The zero-order valence-corrected chi connectivity index (χ0v) is 17.0. The summed E-state index contributed by atoms with van der Waals surface area (Å²) in [5, 5.41) is 2.62. The van der Waals surface area contributed by atoms with Gasteiger partial charge < -0.3 is 10.1 Å². The number of halogens is 3. The Hall–Kier alpha value is -2.59. The van der Waals surface area contributed by atoms with Crippen LogP contribution in [-0.4, -0.2) is 38.1 Å². The summed E-state index contributed by atoms with van der Waals surface area (Å²) in [6.07, 6.45) is -3.75. The Morgan fingerprint density at radius 1 is 1.10 bits per heavy atom. The fourth-order valence-electron chi connectivity index (χ4n) is 3.22. The lowest BCUT2D eigenvalue weighted by atomic mass is 9.99. The number of benzene rings is 2. The van der Waals surface area contributed by atoms with Gasteiger partial charge in [-0.1, -0.05) is 17.7 Å². The molecule has 0 unspecified atom stereocenters. The van der Waals surface area contributed by atoms with Crippen molar-refractivity contribution >= 4 is 21.6 Å². The van der Waals surface area contributed by atoms with Gasteiger partial charge in [0.25, 0.3) is 0 Å². The summed E-state index contributed by atoms with van der Waals surface area (Å²) >= 11 is 0. The molecule has 3 rings (SSSR count). The summed E-state index contributed by atoms with van der Waals surface area (Å²) in [5.74, 6) is -1.35. The first-order valence-corrected chi connectivity index (χ1v) is 10.7. The second-order valence-corrected chi connectivity index (χ2v) is 9.01. The van der Waals surface area contributed by atoms with E-state index in [0.717, 1.165) is 17.7 Å². The number of amides is 1. The summed E-state index contributed by atoms with van der Waals surface area (Å²) < 4.78 is 67.5. The highest BCUT2D eigenvalue weighted by Gasteiger charge is 2.33. The Bertz CT molecular complexity index is 990. The number of hydrogen-bond acceptors (Lipinski definition) is 4. The number of carbonyl (C=O) groups is 1. The van der Waals surface area contributed by atoms with Crippen LogP contribution in [-0.2, 0) is 14.8 Å². The molecule has 2 aromatic rings. The smallest absolute Gasteiger partial charge is 0.406 e. The molecule has 1 N–H and O–H groups in total. The van der Waals surface area contributed by atoms with Crippen LogP contribution in [0.1, 0.15) is 18.4 Å². The van der Waals surface area contributed by atoms with Crippen molar-refractivity contribution in [1.82, 2.24) is 4.31 Å². The van der Waals surface area contributed by atoms with E-state index in [4.69, 9.17) is 0 Å². The van der Waals surface area contributed by atoms with Crippen molar-refractivity contribution in [3.05, 3.63) is 54.1 Å². The number of nitrogens with one attached hydrogen (secondary N) is 1. The van der Waals surface area contributed by atoms with Crippen LogP contribution >= 0.6 is 0 Å². The van der Waals surface area contributed by atoms with Crippen LogP contribution in [0.2, 0.25) is 0 Å². The highest BCUT2D eigenvalue weighted by molar-refractivity contribution is 7.89. The molecule has 1 aliphatic rings. The number of ether oxygens (including phenoxy) is 1. The van der Waals surface area contributed by atoms with E-state index in [-0.39, 0.29) is 17.3 Å². The Morgan fingerprint density at radius 2 is 1.73 bits per heavy atom. The first-order chi connectivity index (χ1) is 14.0. The van der Waals surface area contributed by atoms with Gasteiger partial charge in [-0.25, -0.2) is 8.42 Å². The van der Waals surface area contributed by atoms with Crippen LogP contribution in [0.15, 0.2) is 53.4 Å². The highest BCUT2D eigenvalue weighted by atomic mass is 32.2. The van der Waals surface area contributed by atoms with E-state index in [9.17, 15) is 26.4 Å². The van der Waals surface area contributed by atoms with E-state index in [1.165, 1.54) is 16.4 Å². The van der Waals surface area contributed by atoms with E-state index >= 15 is 0 Å². The Morgan fingerprint density at radius 3 is 2.33 bits per heavy atom. The van der Waals surface area contributed by atoms with Gasteiger partial charge in [-0.15, -0.1) is 13.2 Å². The minimum Gasteiger partial charge on any atom is -0.406 e.